The molecule has 0 bridgehead atoms. The Morgan fingerprint density at radius 2 is 1.79 bits per heavy atom. The van der Waals surface area contributed by atoms with Crippen LogP contribution in [0.2, 0.25) is 5.02 Å². The topological polar surface area (TPSA) is 57.7 Å². The molecule has 0 atom stereocenters. The van der Waals surface area contributed by atoms with Crippen LogP contribution in [0.1, 0.15) is 42.6 Å². The van der Waals surface area contributed by atoms with Crippen molar-refractivity contribution in [3.05, 3.63) is 64.7 Å². The molecule has 1 saturated carbocycles. The third-order valence-corrected chi connectivity index (χ3v) is 7.38. The normalized spacial score (nSPS) is 14.5. The maximum atomic E-state index is 13.3. The summed E-state index contributed by atoms with van der Waals surface area (Å²) < 4.78 is 26.9. The standard InChI is InChI=1S/C21H25ClN2O3S/c1-15(2)23(3)28(26,27)18-11-12-20(22)19(13-18)21(25)24(17-9-10-17)14-16-7-5-4-6-8-16/h4-8,11-13,15,17H,9-10,14H2,1-3H3. The van der Waals surface area contributed by atoms with E-state index in [2.05, 4.69) is 0 Å². The summed E-state index contributed by atoms with van der Waals surface area (Å²) in [5, 5.41) is 0.259. The highest BCUT2D eigenvalue weighted by Crippen LogP contribution is 2.32. The molecule has 1 fully saturated rings. The van der Waals surface area contributed by atoms with E-state index in [1.54, 1.807) is 18.7 Å². The molecule has 0 unspecified atom stereocenters. The van der Waals surface area contributed by atoms with Crippen LogP contribution in [-0.2, 0) is 16.6 Å². The van der Waals surface area contributed by atoms with E-state index in [9.17, 15) is 13.2 Å². The van der Waals surface area contributed by atoms with Crippen molar-refractivity contribution in [1.29, 1.82) is 0 Å². The highest BCUT2D eigenvalue weighted by Gasteiger charge is 2.34. The van der Waals surface area contributed by atoms with Gasteiger partial charge in [0.15, 0.2) is 0 Å². The van der Waals surface area contributed by atoms with Crippen molar-refractivity contribution in [2.45, 2.75) is 50.2 Å². The van der Waals surface area contributed by atoms with Gasteiger partial charge in [0.1, 0.15) is 0 Å². The number of nitrogens with zero attached hydrogens (tertiary/aromatic N) is 2. The Hall–Kier alpha value is -1.89. The van der Waals surface area contributed by atoms with Crippen molar-refractivity contribution in [3.63, 3.8) is 0 Å². The largest absolute Gasteiger partial charge is 0.331 e. The van der Waals surface area contributed by atoms with E-state index in [0.717, 1.165) is 18.4 Å². The quantitative estimate of drug-likeness (QED) is 0.675. The molecule has 0 radical (unpaired) electrons. The minimum absolute atomic E-state index is 0.0758. The molecule has 0 N–H and O–H groups in total. The number of hydrogen-bond acceptors (Lipinski definition) is 3. The van der Waals surface area contributed by atoms with E-state index >= 15 is 0 Å². The highest BCUT2D eigenvalue weighted by molar-refractivity contribution is 7.89. The van der Waals surface area contributed by atoms with Gasteiger partial charge in [-0.05, 0) is 50.5 Å². The number of carbonyl (C=O) groups is 1. The van der Waals surface area contributed by atoms with Crippen molar-refractivity contribution in [2.24, 2.45) is 0 Å². The first-order valence-corrected chi connectivity index (χ1v) is 11.2. The van der Waals surface area contributed by atoms with Crippen LogP contribution in [0.5, 0.6) is 0 Å². The first kappa shape index (κ1) is 20.8. The molecule has 0 aromatic heterocycles. The third kappa shape index (κ3) is 4.40. The second kappa shape index (κ2) is 8.23. The molecule has 7 heteroatoms. The van der Waals surface area contributed by atoms with E-state index < -0.39 is 10.0 Å². The van der Waals surface area contributed by atoms with Gasteiger partial charge in [-0.15, -0.1) is 0 Å². The Labute approximate surface area is 172 Å². The van der Waals surface area contributed by atoms with Crippen LogP contribution in [0.4, 0.5) is 0 Å². The summed E-state index contributed by atoms with van der Waals surface area (Å²) in [5.41, 5.74) is 1.25. The number of sulfonamides is 1. The average Bonchev–Trinajstić information content (AvgIpc) is 3.51. The average molecular weight is 421 g/mol. The zero-order valence-electron chi connectivity index (χ0n) is 16.3. The summed E-state index contributed by atoms with van der Waals surface area (Å²) in [4.78, 5) is 15.1. The second-order valence-corrected chi connectivity index (χ2v) is 9.81. The Morgan fingerprint density at radius 3 is 2.36 bits per heavy atom. The highest BCUT2D eigenvalue weighted by atomic mass is 35.5. The van der Waals surface area contributed by atoms with Gasteiger partial charge in [0.25, 0.3) is 5.91 Å². The third-order valence-electron chi connectivity index (χ3n) is 5.02. The van der Waals surface area contributed by atoms with Gasteiger partial charge < -0.3 is 4.90 Å². The molecule has 1 aliphatic rings. The fourth-order valence-corrected chi connectivity index (χ4v) is 4.55. The summed E-state index contributed by atoms with van der Waals surface area (Å²) in [5.74, 6) is -0.236. The molecule has 2 aromatic rings. The zero-order valence-corrected chi connectivity index (χ0v) is 17.9. The minimum atomic E-state index is -3.70. The lowest BCUT2D eigenvalue weighted by Gasteiger charge is -2.24. The molecule has 3 rings (SSSR count). The van der Waals surface area contributed by atoms with Crippen molar-refractivity contribution in [1.82, 2.24) is 9.21 Å². The summed E-state index contributed by atoms with van der Waals surface area (Å²) >= 11 is 6.30. The van der Waals surface area contributed by atoms with E-state index in [0.29, 0.717) is 6.54 Å². The van der Waals surface area contributed by atoms with Crippen LogP contribution < -0.4 is 0 Å². The minimum Gasteiger partial charge on any atom is -0.331 e. The van der Waals surface area contributed by atoms with Crippen molar-refractivity contribution in [3.8, 4) is 0 Å². The SMILES string of the molecule is CC(C)N(C)S(=O)(=O)c1ccc(Cl)c(C(=O)N(Cc2ccccc2)C2CC2)c1. The Morgan fingerprint density at radius 1 is 1.14 bits per heavy atom. The van der Waals surface area contributed by atoms with Gasteiger partial charge >= 0.3 is 0 Å². The Bertz CT molecular complexity index is 957. The molecular weight excluding hydrogens is 396 g/mol. The van der Waals surface area contributed by atoms with Crippen LogP contribution in [0, 0.1) is 0 Å². The lowest BCUT2D eigenvalue weighted by molar-refractivity contribution is 0.0730. The molecule has 1 aliphatic carbocycles. The number of benzene rings is 2. The van der Waals surface area contributed by atoms with Gasteiger partial charge in [-0.3, -0.25) is 4.79 Å². The fraction of sp³-hybridized carbons (Fsp3) is 0.381. The molecule has 0 saturated heterocycles. The van der Waals surface area contributed by atoms with Gasteiger partial charge in [-0.1, -0.05) is 41.9 Å². The second-order valence-electron chi connectivity index (χ2n) is 7.41. The molecule has 0 spiro atoms. The van der Waals surface area contributed by atoms with E-state index in [-0.39, 0.29) is 33.5 Å². The first-order valence-electron chi connectivity index (χ1n) is 9.34. The summed E-state index contributed by atoms with van der Waals surface area (Å²) in [7, 11) is -2.17. The number of carbonyl (C=O) groups excluding carboxylic acids is 1. The Kier molecular flexibility index (Phi) is 6.12. The molecular formula is C21H25ClN2O3S. The number of hydrogen-bond donors (Lipinski definition) is 0. The van der Waals surface area contributed by atoms with Crippen LogP contribution >= 0.6 is 11.6 Å². The van der Waals surface area contributed by atoms with Gasteiger partial charge in [0.05, 0.1) is 15.5 Å². The lowest BCUT2D eigenvalue weighted by atomic mass is 10.1. The van der Waals surface area contributed by atoms with Crippen molar-refractivity contribution < 1.29 is 13.2 Å². The van der Waals surface area contributed by atoms with E-state index in [4.69, 9.17) is 11.6 Å². The summed E-state index contributed by atoms with van der Waals surface area (Å²) in [6.07, 6.45) is 1.90. The van der Waals surface area contributed by atoms with E-state index in [1.165, 1.54) is 29.6 Å². The number of amides is 1. The maximum Gasteiger partial charge on any atom is 0.255 e. The predicted octanol–water partition coefficient (Wildman–Crippen LogP) is 4.17. The smallest absolute Gasteiger partial charge is 0.255 e. The first-order chi connectivity index (χ1) is 13.2. The van der Waals surface area contributed by atoms with E-state index in [1.807, 2.05) is 30.3 Å². The number of halogens is 1. The van der Waals surface area contributed by atoms with Crippen molar-refractivity contribution >= 4 is 27.5 Å². The molecule has 0 heterocycles. The molecule has 2 aromatic carbocycles. The molecule has 28 heavy (non-hydrogen) atoms. The maximum absolute atomic E-state index is 13.3. The zero-order chi connectivity index (χ0) is 20.5. The van der Waals surface area contributed by atoms with Crippen molar-refractivity contribution in [2.75, 3.05) is 7.05 Å². The van der Waals surface area contributed by atoms with Gasteiger partial charge in [0.2, 0.25) is 10.0 Å². The molecule has 150 valence electrons. The van der Waals surface area contributed by atoms with Crippen LogP contribution in [0.25, 0.3) is 0 Å². The van der Waals surface area contributed by atoms with Crippen LogP contribution in [0.3, 0.4) is 0 Å². The van der Waals surface area contributed by atoms with Gasteiger partial charge in [0, 0.05) is 25.7 Å². The number of rotatable bonds is 7. The molecule has 5 nitrogen and oxygen atoms in total. The van der Waals surface area contributed by atoms with Gasteiger partial charge in [-0.25, -0.2) is 8.42 Å². The monoisotopic (exact) mass is 420 g/mol. The predicted molar refractivity (Wildman–Crippen MR) is 111 cm³/mol. The Balaban J connectivity index is 1.94. The van der Waals surface area contributed by atoms with Crippen LogP contribution in [0.15, 0.2) is 53.4 Å². The molecule has 1 amide bonds. The van der Waals surface area contributed by atoms with Crippen LogP contribution in [-0.4, -0.2) is 42.7 Å². The molecule has 0 aliphatic heterocycles. The summed E-state index contributed by atoms with van der Waals surface area (Å²) in [6, 6.07) is 14.1. The lowest BCUT2D eigenvalue weighted by Crippen LogP contribution is -2.34. The summed E-state index contributed by atoms with van der Waals surface area (Å²) in [6.45, 7) is 4.08. The fourth-order valence-electron chi connectivity index (χ4n) is 2.96. The van der Waals surface area contributed by atoms with Gasteiger partial charge in [-0.2, -0.15) is 4.31 Å².